The maximum Gasteiger partial charge on any atom is 0.251 e. The first-order valence-electron chi connectivity index (χ1n) is 5.97. The molecule has 0 aliphatic carbocycles. The number of pyridine rings is 1. The molecule has 1 aliphatic heterocycles. The van der Waals surface area contributed by atoms with E-state index in [4.69, 9.17) is 0 Å². The van der Waals surface area contributed by atoms with Gasteiger partial charge in [-0.25, -0.2) is 4.98 Å². The lowest BCUT2D eigenvalue weighted by Crippen LogP contribution is -2.26. The van der Waals surface area contributed by atoms with Gasteiger partial charge in [-0.15, -0.1) is 0 Å². The fourth-order valence-corrected chi connectivity index (χ4v) is 1.81. The van der Waals surface area contributed by atoms with Gasteiger partial charge in [0.05, 0.1) is 0 Å². The van der Waals surface area contributed by atoms with E-state index in [0.29, 0.717) is 23.6 Å². The maximum atomic E-state index is 12.0. The van der Waals surface area contributed by atoms with Crippen molar-refractivity contribution in [3.8, 4) is 0 Å². The Morgan fingerprint density at radius 3 is 2.74 bits per heavy atom. The van der Waals surface area contributed by atoms with Gasteiger partial charge in [-0.1, -0.05) is 6.58 Å². The summed E-state index contributed by atoms with van der Waals surface area (Å²) in [6.07, 6.45) is 4.90. The number of carbonyl (C=O) groups excluding carboxylic acids is 2. The number of Topliss-reactive ketones (excluding diaryl/α,β-unsaturated/α-hetero) is 1. The van der Waals surface area contributed by atoms with Gasteiger partial charge in [-0.3, -0.25) is 9.59 Å². The van der Waals surface area contributed by atoms with Crippen molar-refractivity contribution in [1.29, 1.82) is 0 Å². The van der Waals surface area contributed by atoms with Gasteiger partial charge in [0.15, 0.2) is 5.78 Å². The molecule has 1 aromatic rings. The molecule has 5 heteroatoms. The molecule has 98 valence electrons. The number of ketones is 1. The van der Waals surface area contributed by atoms with Crippen LogP contribution in [0.2, 0.25) is 0 Å². The third kappa shape index (κ3) is 2.88. The van der Waals surface area contributed by atoms with Crippen LogP contribution in [0.4, 0.5) is 5.82 Å². The average molecular weight is 257 g/mol. The quantitative estimate of drug-likeness (QED) is 0.814. The Bertz CT molecular complexity index is 528. The Balaban J connectivity index is 1.94. The van der Waals surface area contributed by atoms with Gasteiger partial charge in [0, 0.05) is 43.5 Å². The molecule has 0 unspecified atom stereocenters. The van der Waals surface area contributed by atoms with Crippen LogP contribution in [-0.4, -0.2) is 35.2 Å². The van der Waals surface area contributed by atoms with Crippen molar-refractivity contribution >= 4 is 17.5 Å². The lowest BCUT2D eigenvalue weighted by atomic mass is 10.1. The third-order valence-electron chi connectivity index (χ3n) is 2.94. The minimum atomic E-state index is -0.124. The molecule has 1 aromatic heterocycles. The van der Waals surface area contributed by atoms with Crippen LogP contribution in [0.3, 0.4) is 0 Å². The van der Waals surface area contributed by atoms with Gasteiger partial charge < -0.3 is 10.2 Å². The molecule has 1 N–H and O–H groups in total. The molecule has 0 spiro atoms. The van der Waals surface area contributed by atoms with Gasteiger partial charge in [0.1, 0.15) is 5.82 Å². The summed E-state index contributed by atoms with van der Waals surface area (Å²) in [6, 6.07) is 3.47. The zero-order chi connectivity index (χ0) is 13.8. The monoisotopic (exact) mass is 257 g/mol. The first-order chi connectivity index (χ1) is 9.11. The third-order valence-corrected chi connectivity index (χ3v) is 2.94. The van der Waals surface area contributed by atoms with Crippen LogP contribution in [0.5, 0.6) is 0 Å². The second-order valence-corrected chi connectivity index (χ2v) is 4.17. The number of hydrogen-bond acceptors (Lipinski definition) is 4. The van der Waals surface area contributed by atoms with Crippen molar-refractivity contribution in [1.82, 2.24) is 9.88 Å². The van der Waals surface area contributed by atoms with Crippen LogP contribution in [0, 0.1) is 0 Å². The second-order valence-electron chi connectivity index (χ2n) is 4.17. The molecule has 0 radical (unpaired) electrons. The largest absolute Gasteiger partial charge is 0.373 e. The van der Waals surface area contributed by atoms with Crippen LogP contribution < -0.4 is 5.32 Å². The van der Waals surface area contributed by atoms with Gasteiger partial charge >= 0.3 is 0 Å². The highest BCUT2D eigenvalue weighted by Gasteiger charge is 2.19. The highest BCUT2D eigenvalue weighted by Crippen LogP contribution is 2.14. The van der Waals surface area contributed by atoms with E-state index in [-0.39, 0.29) is 18.1 Å². The Kier molecular flexibility index (Phi) is 3.75. The molecule has 2 rings (SSSR count). The van der Waals surface area contributed by atoms with E-state index in [2.05, 4.69) is 16.9 Å². The summed E-state index contributed by atoms with van der Waals surface area (Å²) >= 11 is 0. The van der Waals surface area contributed by atoms with Gasteiger partial charge in [0.2, 0.25) is 0 Å². The summed E-state index contributed by atoms with van der Waals surface area (Å²) in [7, 11) is 1.77. The number of amides is 1. The fraction of sp³-hybridized carbons (Fsp3) is 0.214. The van der Waals surface area contributed by atoms with Crippen molar-refractivity contribution < 1.29 is 9.59 Å². The Morgan fingerprint density at radius 1 is 1.42 bits per heavy atom. The van der Waals surface area contributed by atoms with Gasteiger partial charge in [-0.05, 0) is 18.2 Å². The zero-order valence-corrected chi connectivity index (χ0v) is 10.7. The van der Waals surface area contributed by atoms with E-state index in [0.717, 1.165) is 0 Å². The molecule has 2 heterocycles. The molecule has 1 amide bonds. The van der Waals surface area contributed by atoms with Crippen LogP contribution in [-0.2, 0) is 4.79 Å². The van der Waals surface area contributed by atoms with Crippen molar-refractivity contribution in [2.24, 2.45) is 0 Å². The summed E-state index contributed by atoms with van der Waals surface area (Å²) in [5, 5.41) is 2.89. The molecular weight excluding hydrogens is 242 g/mol. The van der Waals surface area contributed by atoms with E-state index in [1.807, 2.05) is 0 Å². The minimum absolute atomic E-state index is 0.0392. The zero-order valence-electron chi connectivity index (χ0n) is 10.7. The Hall–Kier alpha value is -2.43. The Morgan fingerprint density at radius 2 is 2.21 bits per heavy atom. The molecule has 0 bridgehead atoms. The summed E-state index contributed by atoms with van der Waals surface area (Å²) in [4.78, 5) is 29.0. The molecular formula is C14H15N3O2. The van der Waals surface area contributed by atoms with Gasteiger partial charge in [-0.2, -0.15) is 0 Å². The van der Waals surface area contributed by atoms with Crippen molar-refractivity contribution in [3.63, 3.8) is 0 Å². The first kappa shape index (κ1) is 13.0. The molecule has 5 nitrogen and oxygen atoms in total. The second kappa shape index (κ2) is 5.48. The highest BCUT2D eigenvalue weighted by atomic mass is 16.2. The number of rotatable bonds is 5. The summed E-state index contributed by atoms with van der Waals surface area (Å²) < 4.78 is 0. The molecule has 0 fully saturated rings. The minimum Gasteiger partial charge on any atom is -0.373 e. The number of carbonyl (C=O) groups is 2. The van der Waals surface area contributed by atoms with Crippen molar-refractivity contribution in [3.05, 3.63) is 48.3 Å². The maximum absolute atomic E-state index is 12.0. The van der Waals surface area contributed by atoms with Crippen molar-refractivity contribution in [2.45, 2.75) is 6.42 Å². The van der Waals surface area contributed by atoms with Crippen LogP contribution in [0.1, 0.15) is 16.8 Å². The normalized spacial score (nSPS) is 14.1. The van der Waals surface area contributed by atoms with E-state index < -0.39 is 0 Å². The average Bonchev–Trinajstić information content (AvgIpc) is 2.75. The number of anilines is 1. The number of allylic oxidation sites excluding steroid dienone is 1. The topological polar surface area (TPSA) is 62.3 Å². The van der Waals surface area contributed by atoms with Crippen LogP contribution >= 0.6 is 0 Å². The van der Waals surface area contributed by atoms with Crippen LogP contribution in [0.25, 0.3) is 0 Å². The smallest absolute Gasteiger partial charge is 0.251 e. The lowest BCUT2D eigenvalue weighted by molar-refractivity contribution is -0.123. The molecule has 19 heavy (non-hydrogen) atoms. The first-order valence-corrected chi connectivity index (χ1v) is 5.97. The van der Waals surface area contributed by atoms with E-state index in [1.54, 1.807) is 25.3 Å². The number of hydrogen-bond donors (Lipinski definition) is 1. The number of nitrogens with zero attached hydrogens (tertiary/aromatic N) is 2. The molecule has 0 saturated carbocycles. The highest BCUT2D eigenvalue weighted by molar-refractivity contribution is 5.97. The van der Waals surface area contributed by atoms with E-state index >= 15 is 0 Å². The SMILES string of the molecule is C=C1C=CC(=O)N1CCC(=O)c1ccc(NC)nc1. The molecule has 0 atom stereocenters. The molecule has 0 aromatic carbocycles. The van der Waals surface area contributed by atoms with Crippen molar-refractivity contribution in [2.75, 3.05) is 18.9 Å². The fourth-order valence-electron chi connectivity index (χ4n) is 1.81. The Labute approximate surface area is 111 Å². The molecule has 1 aliphatic rings. The van der Waals surface area contributed by atoms with E-state index in [9.17, 15) is 9.59 Å². The summed E-state index contributed by atoms with van der Waals surface area (Å²) in [6.45, 7) is 4.09. The molecule has 0 saturated heterocycles. The van der Waals surface area contributed by atoms with E-state index in [1.165, 1.54) is 17.2 Å². The standard InChI is InChI=1S/C14H15N3O2/c1-10-3-6-14(19)17(10)8-7-12(18)11-4-5-13(15-2)16-9-11/h3-6,9H,1,7-8H2,2H3,(H,15,16). The number of aromatic nitrogens is 1. The number of nitrogens with one attached hydrogen (secondary N) is 1. The predicted octanol–water partition coefficient (Wildman–Crippen LogP) is 1.61. The van der Waals surface area contributed by atoms with Gasteiger partial charge in [0.25, 0.3) is 5.91 Å². The summed E-state index contributed by atoms with van der Waals surface area (Å²) in [5.41, 5.74) is 1.17. The predicted molar refractivity (Wildman–Crippen MR) is 72.7 cm³/mol. The lowest BCUT2D eigenvalue weighted by Gasteiger charge is -2.16. The summed E-state index contributed by atoms with van der Waals surface area (Å²) in [5.74, 6) is 0.549. The van der Waals surface area contributed by atoms with Crippen LogP contribution in [0.15, 0.2) is 42.8 Å².